The smallest absolute Gasteiger partial charge is 0.202 e. The average molecular weight is 526 g/mol. The summed E-state index contributed by atoms with van der Waals surface area (Å²) in [4.78, 5) is 16.3. The van der Waals surface area contributed by atoms with Crippen LogP contribution in [0.15, 0.2) is 42.1 Å². The number of aromatic nitrogens is 1. The van der Waals surface area contributed by atoms with Crippen molar-refractivity contribution >= 4 is 28.2 Å². The number of pyridine rings is 1. The summed E-state index contributed by atoms with van der Waals surface area (Å²) in [6.45, 7) is 6.55. The monoisotopic (exact) mass is 525 g/mol. The lowest BCUT2D eigenvalue weighted by molar-refractivity contribution is -0.497. The Bertz CT molecular complexity index is 1120. The Labute approximate surface area is 225 Å². The molecule has 200 valence electrons. The van der Waals surface area contributed by atoms with Crippen molar-refractivity contribution in [2.45, 2.75) is 89.3 Å². The number of hydrogen-bond acceptors (Lipinski definition) is 6. The van der Waals surface area contributed by atoms with Gasteiger partial charge >= 0.3 is 0 Å². The molecule has 1 aliphatic heterocycles. The number of allylic oxidation sites excluding steroid dienone is 1. The lowest BCUT2D eigenvalue weighted by atomic mass is 9.88. The van der Waals surface area contributed by atoms with Crippen LogP contribution in [-0.2, 0) is 14.5 Å². The lowest BCUT2D eigenvalue weighted by Gasteiger charge is -2.43. The number of benzene rings is 1. The maximum absolute atomic E-state index is 6.62. The third-order valence-corrected chi connectivity index (χ3v) is 9.16. The predicted molar refractivity (Wildman–Crippen MR) is 147 cm³/mol. The molecule has 37 heavy (non-hydrogen) atoms. The molecule has 7 heteroatoms. The van der Waals surface area contributed by atoms with Gasteiger partial charge in [-0.2, -0.15) is 0 Å². The van der Waals surface area contributed by atoms with Crippen LogP contribution in [-0.4, -0.2) is 42.1 Å². The van der Waals surface area contributed by atoms with Gasteiger partial charge in [-0.1, -0.05) is 37.1 Å². The Morgan fingerprint density at radius 3 is 2.73 bits per heavy atom. The minimum absolute atomic E-state index is 0.0456. The van der Waals surface area contributed by atoms with E-state index in [1.807, 2.05) is 30.5 Å². The SMILES string of the molecule is CC(C)C1=CC2OC3(CC4CC(NCCCCNc5ccnc6cc(Cl)ccc56)CC4C3)OOC2CC1. The van der Waals surface area contributed by atoms with E-state index >= 15 is 0 Å². The van der Waals surface area contributed by atoms with Crippen molar-refractivity contribution in [3.05, 3.63) is 47.1 Å². The first-order valence-corrected chi connectivity index (χ1v) is 14.6. The standard InChI is InChI=1S/C30H40ClN3O3/c1-19(2)20-5-8-28-29(15-20)35-30(37-36-28)17-21-13-24(14-22(21)18-30)32-10-3-4-11-33-26-9-12-34-27-16-23(31)6-7-25(26)27/h6-7,9,12,15-16,19,21-22,24,28-29,32H,3-5,8,10-11,13-14,17-18H2,1-2H3,(H,33,34). The molecule has 2 N–H and O–H groups in total. The van der Waals surface area contributed by atoms with E-state index in [1.165, 1.54) is 18.4 Å². The van der Waals surface area contributed by atoms with Crippen LogP contribution in [0, 0.1) is 17.8 Å². The molecule has 3 fully saturated rings. The van der Waals surface area contributed by atoms with Crippen LogP contribution in [0.25, 0.3) is 10.9 Å². The Morgan fingerprint density at radius 2 is 1.92 bits per heavy atom. The Hall–Kier alpha value is -1.70. The second-order valence-electron chi connectivity index (χ2n) is 11.9. The van der Waals surface area contributed by atoms with Gasteiger partial charge in [0.25, 0.3) is 0 Å². The number of anilines is 1. The average Bonchev–Trinajstić information content (AvgIpc) is 3.40. The molecule has 2 heterocycles. The molecule has 4 aliphatic rings. The van der Waals surface area contributed by atoms with E-state index in [9.17, 15) is 0 Å². The third kappa shape index (κ3) is 5.55. The second-order valence-corrected chi connectivity index (χ2v) is 12.3. The van der Waals surface area contributed by atoms with Crippen molar-refractivity contribution in [3.8, 4) is 0 Å². The molecule has 3 aliphatic carbocycles. The number of rotatable bonds is 8. The quantitative estimate of drug-likeness (QED) is 0.228. The van der Waals surface area contributed by atoms with Crippen molar-refractivity contribution in [1.82, 2.24) is 10.3 Å². The molecule has 0 radical (unpaired) electrons. The zero-order valence-electron chi connectivity index (χ0n) is 22.0. The van der Waals surface area contributed by atoms with Gasteiger partial charge in [0, 0.05) is 47.7 Å². The van der Waals surface area contributed by atoms with Crippen LogP contribution in [0.2, 0.25) is 5.02 Å². The van der Waals surface area contributed by atoms with Crippen LogP contribution < -0.4 is 10.6 Å². The first-order chi connectivity index (χ1) is 18.0. The Kier molecular flexibility index (Phi) is 7.48. The highest BCUT2D eigenvalue weighted by Gasteiger charge is 2.55. The molecule has 2 aromatic rings. The van der Waals surface area contributed by atoms with Crippen LogP contribution in [0.5, 0.6) is 0 Å². The molecule has 1 aromatic heterocycles. The van der Waals surface area contributed by atoms with Gasteiger partial charge in [0.15, 0.2) is 0 Å². The molecular weight excluding hydrogens is 486 g/mol. The van der Waals surface area contributed by atoms with Crippen molar-refractivity contribution in [1.29, 1.82) is 0 Å². The van der Waals surface area contributed by atoms with E-state index in [0.29, 0.717) is 23.8 Å². The highest BCUT2D eigenvalue weighted by Crippen LogP contribution is 2.53. The van der Waals surface area contributed by atoms with E-state index in [-0.39, 0.29) is 12.2 Å². The molecule has 1 spiro atoms. The molecule has 1 aromatic carbocycles. The fourth-order valence-corrected chi connectivity index (χ4v) is 7.13. The van der Waals surface area contributed by atoms with Gasteiger partial charge in [0.05, 0.1) is 5.52 Å². The zero-order chi connectivity index (χ0) is 25.4. The van der Waals surface area contributed by atoms with Crippen molar-refractivity contribution in [2.75, 3.05) is 18.4 Å². The summed E-state index contributed by atoms with van der Waals surface area (Å²) in [5.41, 5.74) is 3.55. The number of fused-ring (bicyclic) bond motifs is 3. The number of hydrogen-bond donors (Lipinski definition) is 2. The molecule has 0 amide bonds. The fourth-order valence-electron chi connectivity index (χ4n) is 6.97. The molecule has 2 saturated carbocycles. The van der Waals surface area contributed by atoms with E-state index < -0.39 is 5.79 Å². The Morgan fingerprint density at radius 1 is 1.11 bits per heavy atom. The third-order valence-electron chi connectivity index (χ3n) is 8.92. The first kappa shape index (κ1) is 25.6. The summed E-state index contributed by atoms with van der Waals surface area (Å²) in [5, 5.41) is 9.24. The predicted octanol–water partition coefficient (Wildman–Crippen LogP) is 6.65. The van der Waals surface area contributed by atoms with E-state index in [2.05, 4.69) is 35.5 Å². The van der Waals surface area contributed by atoms with Gasteiger partial charge in [-0.05, 0) is 87.1 Å². The summed E-state index contributed by atoms with van der Waals surface area (Å²) in [5.74, 6) is 1.35. The Balaban J connectivity index is 0.920. The van der Waals surface area contributed by atoms with Gasteiger partial charge in [0.1, 0.15) is 12.2 Å². The number of nitrogens with one attached hydrogen (secondary N) is 2. The minimum atomic E-state index is -0.536. The molecule has 4 atom stereocenters. The lowest BCUT2D eigenvalue weighted by Crippen LogP contribution is -2.50. The molecule has 4 unspecified atom stereocenters. The van der Waals surface area contributed by atoms with Crippen molar-refractivity contribution in [2.24, 2.45) is 17.8 Å². The zero-order valence-corrected chi connectivity index (χ0v) is 22.8. The second kappa shape index (κ2) is 10.8. The number of ether oxygens (including phenoxy) is 1. The van der Waals surface area contributed by atoms with Crippen LogP contribution in [0.4, 0.5) is 5.69 Å². The van der Waals surface area contributed by atoms with Crippen molar-refractivity contribution in [3.63, 3.8) is 0 Å². The summed E-state index contributed by atoms with van der Waals surface area (Å²) in [6, 6.07) is 8.52. The summed E-state index contributed by atoms with van der Waals surface area (Å²) < 4.78 is 6.62. The molecular formula is C30H40ClN3O3. The van der Waals surface area contributed by atoms with Gasteiger partial charge < -0.3 is 15.4 Å². The maximum atomic E-state index is 6.62. The van der Waals surface area contributed by atoms with Crippen LogP contribution >= 0.6 is 11.6 Å². The van der Waals surface area contributed by atoms with Gasteiger partial charge in [-0.15, -0.1) is 0 Å². The molecule has 6 nitrogen and oxygen atoms in total. The highest BCUT2D eigenvalue weighted by molar-refractivity contribution is 6.31. The van der Waals surface area contributed by atoms with Gasteiger partial charge in [0.2, 0.25) is 5.79 Å². The van der Waals surface area contributed by atoms with Crippen LogP contribution in [0.3, 0.4) is 0 Å². The topological polar surface area (TPSA) is 64.6 Å². The number of nitrogens with zero attached hydrogens (tertiary/aromatic N) is 1. The maximum Gasteiger partial charge on any atom is 0.202 e. The summed E-state index contributed by atoms with van der Waals surface area (Å²) >= 11 is 6.11. The minimum Gasteiger partial charge on any atom is -0.384 e. The number of unbranched alkanes of at least 4 members (excludes halogenated alkanes) is 1. The van der Waals surface area contributed by atoms with Gasteiger partial charge in [-0.25, -0.2) is 9.78 Å². The van der Waals surface area contributed by atoms with E-state index in [1.54, 1.807) is 0 Å². The van der Waals surface area contributed by atoms with E-state index in [0.717, 1.165) is 73.2 Å². The van der Waals surface area contributed by atoms with Crippen molar-refractivity contribution < 1.29 is 14.5 Å². The highest BCUT2D eigenvalue weighted by atomic mass is 35.5. The van der Waals surface area contributed by atoms with Crippen LogP contribution in [0.1, 0.15) is 65.2 Å². The summed E-state index contributed by atoms with van der Waals surface area (Å²) in [6.07, 6.45) is 13.0. The van der Waals surface area contributed by atoms with Gasteiger partial charge in [-0.3, -0.25) is 4.98 Å². The summed E-state index contributed by atoms with van der Waals surface area (Å²) in [7, 11) is 0. The first-order valence-electron chi connectivity index (χ1n) is 14.2. The van der Waals surface area contributed by atoms with E-state index in [4.69, 9.17) is 26.1 Å². The molecule has 0 bridgehead atoms. The largest absolute Gasteiger partial charge is 0.384 e. The normalized spacial score (nSPS) is 33.1. The molecule has 1 saturated heterocycles. The fraction of sp³-hybridized carbons (Fsp3) is 0.633. The molecule has 6 rings (SSSR count). The number of halogens is 1.